The molecular weight excluding hydrogens is 216 g/mol. The molecule has 0 radical (unpaired) electrons. The topological polar surface area (TPSA) is 72.0 Å². The zero-order chi connectivity index (χ0) is 11.3. The quantitative estimate of drug-likeness (QED) is 0.463. The Morgan fingerprint density at radius 3 is 2.87 bits per heavy atom. The Labute approximate surface area is 91.6 Å². The molecule has 1 aromatic rings. The lowest BCUT2D eigenvalue weighted by Crippen LogP contribution is -2.27. The second-order valence-electron chi connectivity index (χ2n) is 2.75. The zero-order valence-electron chi connectivity index (χ0n) is 8.52. The summed E-state index contributed by atoms with van der Waals surface area (Å²) in [7, 11) is 0. The molecule has 0 fully saturated rings. The van der Waals surface area contributed by atoms with Gasteiger partial charge in [0.15, 0.2) is 16.2 Å². The zero-order valence-corrected chi connectivity index (χ0v) is 9.34. The van der Waals surface area contributed by atoms with Crippen molar-refractivity contribution in [3.8, 4) is 0 Å². The van der Waals surface area contributed by atoms with Crippen LogP contribution < -0.4 is 0 Å². The van der Waals surface area contributed by atoms with E-state index in [0.717, 1.165) is 11.8 Å². The largest absolute Gasteiger partial charge is 0.465 e. The fourth-order valence-electron chi connectivity index (χ4n) is 0.942. The number of Topliss-reactive ketones (excluding diaryl/α,β-unsaturated/α-hetero) is 1. The number of aromatic nitrogens is 2. The van der Waals surface area contributed by atoms with Gasteiger partial charge in [0.2, 0.25) is 0 Å². The third-order valence-corrected chi connectivity index (χ3v) is 2.78. The second kappa shape index (κ2) is 5.55. The van der Waals surface area contributed by atoms with E-state index in [9.17, 15) is 9.59 Å². The van der Waals surface area contributed by atoms with Crippen molar-refractivity contribution < 1.29 is 14.3 Å². The van der Waals surface area contributed by atoms with Crippen molar-refractivity contribution in [2.45, 2.75) is 24.3 Å². The number of nitrogens with zero attached hydrogens (tertiary/aromatic N) is 1. The lowest BCUT2D eigenvalue weighted by Gasteiger charge is -2.09. The van der Waals surface area contributed by atoms with Crippen LogP contribution in [-0.4, -0.2) is 33.6 Å². The molecule has 1 rings (SSSR count). The van der Waals surface area contributed by atoms with Crippen molar-refractivity contribution in [3.63, 3.8) is 0 Å². The number of carbonyl (C=O) groups is 2. The third-order valence-electron chi connectivity index (χ3n) is 1.57. The van der Waals surface area contributed by atoms with Crippen LogP contribution in [0.3, 0.4) is 0 Å². The summed E-state index contributed by atoms with van der Waals surface area (Å²) in [5.74, 6) is -0.763. The molecule has 0 bridgehead atoms. The van der Waals surface area contributed by atoms with E-state index in [2.05, 4.69) is 9.97 Å². The van der Waals surface area contributed by atoms with Gasteiger partial charge in [-0.1, -0.05) is 11.8 Å². The van der Waals surface area contributed by atoms with E-state index in [1.165, 1.54) is 6.92 Å². The summed E-state index contributed by atoms with van der Waals surface area (Å²) >= 11 is 1.06. The Morgan fingerprint density at radius 2 is 2.40 bits per heavy atom. The molecular formula is C9H12N2O3S. The van der Waals surface area contributed by atoms with E-state index >= 15 is 0 Å². The molecule has 0 aliphatic rings. The third kappa shape index (κ3) is 3.39. The first-order chi connectivity index (χ1) is 7.15. The van der Waals surface area contributed by atoms with Crippen molar-refractivity contribution in [1.29, 1.82) is 0 Å². The van der Waals surface area contributed by atoms with Crippen LogP contribution in [0.25, 0.3) is 0 Å². The minimum atomic E-state index is -0.837. The summed E-state index contributed by atoms with van der Waals surface area (Å²) in [6.45, 7) is 3.32. The van der Waals surface area contributed by atoms with Crippen LogP contribution in [0.2, 0.25) is 0 Å². The van der Waals surface area contributed by atoms with Crippen molar-refractivity contribution in [3.05, 3.63) is 12.4 Å². The molecule has 0 saturated carbocycles. The molecule has 0 aliphatic heterocycles. The van der Waals surface area contributed by atoms with Gasteiger partial charge in [0.05, 0.1) is 6.61 Å². The smallest absolute Gasteiger partial charge is 0.327 e. The maximum atomic E-state index is 11.4. The lowest BCUT2D eigenvalue weighted by atomic mass is 10.3. The number of aromatic amines is 1. The molecule has 5 nitrogen and oxygen atoms in total. The van der Waals surface area contributed by atoms with Crippen molar-refractivity contribution in [2.75, 3.05) is 6.61 Å². The summed E-state index contributed by atoms with van der Waals surface area (Å²) in [6, 6.07) is 0. The molecule has 0 amide bonds. The summed E-state index contributed by atoms with van der Waals surface area (Å²) in [5, 5.41) is -0.306. The first-order valence-electron chi connectivity index (χ1n) is 4.48. The van der Waals surface area contributed by atoms with Crippen LogP contribution in [0, 0.1) is 0 Å². The molecule has 1 heterocycles. The summed E-state index contributed by atoms with van der Waals surface area (Å²) < 4.78 is 4.79. The van der Waals surface area contributed by atoms with E-state index in [0.29, 0.717) is 5.16 Å². The fraction of sp³-hybridized carbons (Fsp3) is 0.444. The minimum Gasteiger partial charge on any atom is -0.465 e. The molecule has 0 saturated heterocycles. The monoisotopic (exact) mass is 228 g/mol. The average Bonchev–Trinajstić information content (AvgIpc) is 2.66. The number of nitrogens with one attached hydrogen (secondary N) is 1. The maximum absolute atomic E-state index is 11.4. The van der Waals surface area contributed by atoms with Crippen LogP contribution in [0.5, 0.6) is 0 Å². The highest BCUT2D eigenvalue weighted by Crippen LogP contribution is 2.20. The average molecular weight is 228 g/mol. The van der Waals surface area contributed by atoms with Gasteiger partial charge in [-0.3, -0.25) is 9.59 Å². The number of ketones is 1. The van der Waals surface area contributed by atoms with E-state index < -0.39 is 11.2 Å². The number of thioether (sulfide) groups is 1. The van der Waals surface area contributed by atoms with Gasteiger partial charge in [0.1, 0.15) is 0 Å². The molecule has 0 aliphatic carbocycles. The number of esters is 1. The fourth-order valence-corrected chi connectivity index (χ4v) is 1.75. The Morgan fingerprint density at radius 1 is 1.67 bits per heavy atom. The molecule has 82 valence electrons. The Kier molecular flexibility index (Phi) is 4.36. The molecule has 6 heteroatoms. The van der Waals surface area contributed by atoms with Crippen LogP contribution in [0.4, 0.5) is 0 Å². The summed E-state index contributed by atoms with van der Waals surface area (Å²) in [4.78, 5) is 29.4. The minimum absolute atomic E-state index is 0.241. The van der Waals surface area contributed by atoms with Crippen LogP contribution >= 0.6 is 11.8 Å². The first kappa shape index (κ1) is 11.8. The van der Waals surface area contributed by atoms with Gasteiger partial charge in [-0.15, -0.1) is 0 Å². The van der Waals surface area contributed by atoms with Gasteiger partial charge in [0.25, 0.3) is 0 Å². The van der Waals surface area contributed by atoms with Gasteiger partial charge in [-0.2, -0.15) is 0 Å². The van der Waals surface area contributed by atoms with Gasteiger partial charge in [-0.25, -0.2) is 4.98 Å². The van der Waals surface area contributed by atoms with Crippen LogP contribution in [-0.2, 0) is 14.3 Å². The van der Waals surface area contributed by atoms with Crippen molar-refractivity contribution in [2.24, 2.45) is 0 Å². The number of ether oxygens (including phenoxy) is 1. The lowest BCUT2D eigenvalue weighted by molar-refractivity contribution is -0.144. The number of carbonyl (C=O) groups excluding carboxylic acids is 2. The van der Waals surface area contributed by atoms with Crippen molar-refractivity contribution in [1.82, 2.24) is 9.97 Å². The van der Waals surface area contributed by atoms with E-state index in [1.54, 1.807) is 19.3 Å². The van der Waals surface area contributed by atoms with Crippen LogP contribution in [0.15, 0.2) is 17.6 Å². The predicted octanol–water partition coefficient (Wildman–Crippen LogP) is 1.02. The van der Waals surface area contributed by atoms with E-state index in [4.69, 9.17) is 4.74 Å². The standard InChI is InChI=1S/C9H12N2O3S/c1-3-14-8(13)7(6(2)12)15-9-10-4-5-11-9/h4-5,7H,3H2,1-2H3,(H,10,11). The predicted molar refractivity (Wildman–Crippen MR) is 55.5 cm³/mol. The molecule has 15 heavy (non-hydrogen) atoms. The number of hydrogen-bond acceptors (Lipinski definition) is 5. The van der Waals surface area contributed by atoms with Gasteiger partial charge in [0, 0.05) is 12.4 Å². The highest BCUT2D eigenvalue weighted by molar-refractivity contribution is 8.01. The molecule has 1 N–H and O–H groups in total. The van der Waals surface area contributed by atoms with Gasteiger partial charge < -0.3 is 9.72 Å². The highest BCUT2D eigenvalue weighted by Gasteiger charge is 2.26. The molecule has 0 spiro atoms. The molecule has 1 aromatic heterocycles. The molecule has 0 aromatic carbocycles. The Bertz CT molecular complexity index is 337. The highest BCUT2D eigenvalue weighted by atomic mass is 32.2. The normalized spacial score (nSPS) is 12.1. The second-order valence-corrected chi connectivity index (χ2v) is 3.85. The maximum Gasteiger partial charge on any atom is 0.327 e. The summed E-state index contributed by atoms with van der Waals surface area (Å²) in [6.07, 6.45) is 3.19. The summed E-state index contributed by atoms with van der Waals surface area (Å²) in [5.41, 5.74) is 0. The first-order valence-corrected chi connectivity index (χ1v) is 5.36. The Balaban J connectivity index is 2.66. The number of imidazole rings is 1. The number of hydrogen-bond donors (Lipinski definition) is 1. The van der Waals surface area contributed by atoms with Gasteiger partial charge >= 0.3 is 5.97 Å². The Hall–Kier alpha value is -1.30. The number of rotatable bonds is 5. The number of H-pyrrole nitrogens is 1. The van der Waals surface area contributed by atoms with E-state index in [1.807, 2.05) is 0 Å². The molecule has 1 atom stereocenters. The van der Waals surface area contributed by atoms with Gasteiger partial charge in [-0.05, 0) is 13.8 Å². The van der Waals surface area contributed by atoms with Crippen molar-refractivity contribution >= 4 is 23.5 Å². The van der Waals surface area contributed by atoms with E-state index in [-0.39, 0.29) is 12.4 Å². The molecule has 1 unspecified atom stereocenters. The van der Waals surface area contributed by atoms with Crippen LogP contribution in [0.1, 0.15) is 13.8 Å². The SMILES string of the molecule is CCOC(=O)C(Sc1ncc[nH]1)C(C)=O.